The monoisotopic (exact) mass is 556 g/mol. The molecule has 10 heteroatoms. The van der Waals surface area contributed by atoms with Crippen LogP contribution in [0.2, 0.25) is 10.0 Å². The van der Waals surface area contributed by atoms with Crippen LogP contribution in [-0.4, -0.2) is 38.5 Å². The first-order valence-corrected chi connectivity index (χ1v) is 13.4. The molecule has 190 valence electrons. The molecule has 0 saturated carbocycles. The summed E-state index contributed by atoms with van der Waals surface area (Å²) in [5.41, 5.74) is 1.30. The minimum atomic E-state index is -4.33. The van der Waals surface area contributed by atoms with Crippen LogP contribution < -0.4 is 9.21 Å². The number of halogens is 2. The number of nitrogens with zero attached hydrogens (tertiary/aromatic N) is 2. The Morgan fingerprint density at radius 1 is 0.838 bits per heavy atom. The smallest absolute Gasteiger partial charge is 0.324 e. The number of para-hydroxylation sites is 1. The second-order valence-electron chi connectivity index (χ2n) is 8.11. The predicted molar refractivity (Wildman–Crippen MR) is 146 cm³/mol. The van der Waals surface area contributed by atoms with Crippen LogP contribution in [0.1, 0.15) is 17.3 Å². The van der Waals surface area contributed by atoms with Gasteiger partial charge in [0.25, 0.3) is 15.9 Å². The predicted octanol–water partition coefficient (Wildman–Crippen LogP) is 6.09. The molecule has 0 saturated heterocycles. The number of hydrogen-bond donors (Lipinski definition) is 1. The average Bonchev–Trinajstić information content (AvgIpc) is 2.87. The molecule has 0 fully saturated rings. The van der Waals surface area contributed by atoms with E-state index in [1.54, 1.807) is 29.2 Å². The number of carboxylic acids is 1. The summed E-state index contributed by atoms with van der Waals surface area (Å²) in [6, 6.07) is 22.8. The highest BCUT2D eigenvalue weighted by atomic mass is 35.5. The maximum absolute atomic E-state index is 13.5. The van der Waals surface area contributed by atoms with Crippen molar-refractivity contribution in [3.63, 3.8) is 0 Å². The molecule has 0 radical (unpaired) electrons. The SMILES string of the molecule is CCN(C(=O)c1cccc2cc(N(CC(=O)O)S(=O)(=O)c3cc(Cl)cc(Cl)c3)ccc12)c1ccccc1. The maximum atomic E-state index is 13.5. The van der Waals surface area contributed by atoms with E-state index in [4.69, 9.17) is 23.2 Å². The lowest BCUT2D eigenvalue weighted by atomic mass is 10.0. The highest BCUT2D eigenvalue weighted by molar-refractivity contribution is 7.92. The minimum Gasteiger partial charge on any atom is -0.480 e. The van der Waals surface area contributed by atoms with E-state index in [0.29, 0.717) is 22.9 Å². The Kier molecular flexibility index (Phi) is 7.73. The van der Waals surface area contributed by atoms with Gasteiger partial charge in [-0.15, -0.1) is 0 Å². The van der Waals surface area contributed by atoms with E-state index < -0.39 is 22.5 Å². The summed E-state index contributed by atoms with van der Waals surface area (Å²) in [6.45, 7) is 1.50. The van der Waals surface area contributed by atoms with Gasteiger partial charge >= 0.3 is 5.97 Å². The van der Waals surface area contributed by atoms with Gasteiger partial charge in [-0.2, -0.15) is 0 Å². The number of amides is 1. The van der Waals surface area contributed by atoms with E-state index in [-0.39, 0.29) is 26.5 Å². The number of anilines is 2. The molecule has 37 heavy (non-hydrogen) atoms. The molecule has 0 heterocycles. The summed E-state index contributed by atoms with van der Waals surface area (Å²) in [5.74, 6) is -1.56. The van der Waals surface area contributed by atoms with Gasteiger partial charge in [-0.1, -0.05) is 59.6 Å². The van der Waals surface area contributed by atoms with E-state index in [0.717, 1.165) is 9.99 Å². The van der Waals surface area contributed by atoms with E-state index >= 15 is 0 Å². The van der Waals surface area contributed by atoms with Crippen molar-refractivity contribution in [2.75, 3.05) is 22.3 Å². The molecule has 4 aromatic carbocycles. The maximum Gasteiger partial charge on any atom is 0.324 e. The number of benzene rings is 4. The van der Waals surface area contributed by atoms with E-state index in [9.17, 15) is 23.1 Å². The molecular formula is C27H22Cl2N2O5S. The van der Waals surface area contributed by atoms with Crippen molar-refractivity contribution in [2.24, 2.45) is 0 Å². The number of carbonyl (C=O) groups is 2. The second-order valence-corrected chi connectivity index (χ2v) is 10.8. The van der Waals surface area contributed by atoms with Crippen LogP contribution in [0.5, 0.6) is 0 Å². The van der Waals surface area contributed by atoms with Gasteiger partial charge < -0.3 is 10.0 Å². The number of rotatable bonds is 8. The van der Waals surface area contributed by atoms with E-state index in [2.05, 4.69) is 0 Å². The zero-order chi connectivity index (χ0) is 26.7. The Bertz CT molecular complexity index is 1570. The van der Waals surface area contributed by atoms with Crippen LogP contribution in [-0.2, 0) is 14.8 Å². The van der Waals surface area contributed by atoms with Crippen molar-refractivity contribution in [3.8, 4) is 0 Å². The van der Waals surface area contributed by atoms with Gasteiger partial charge in [-0.25, -0.2) is 8.42 Å². The molecule has 0 aliphatic heterocycles. The molecule has 0 atom stereocenters. The van der Waals surface area contributed by atoms with E-state index in [1.807, 2.05) is 37.3 Å². The molecule has 4 rings (SSSR count). The lowest BCUT2D eigenvalue weighted by Gasteiger charge is -2.24. The summed E-state index contributed by atoms with van der Waals surface area (Å²) < 4.78 is 27.7. The Balaban J connectivity index is 1.80. The molecule has 4 aromatic rings. The lowest BCUT2D eigenvalue weighted by Crippen LogP contribution is -2.35. The zero-order valence-corrected chi connectivity index (χ0v) is 22.0. The third kappa shape index (κ3) is 5.56. The number of hydrogen-bond acceptors (Lipinski definition) is 4. The third-order valence-electron chi connectivity index (χ3n) is 5.71. The van der Waals surface area contributed by atoms with Gasteiger partial charge in [0.1, 0.15) is 6.54 Å². The summed E-state index contributed by atoms with van der Waals surface area (Å²) in [6.07, 6.45) is 0. The van der Waals surface area contributed by atoms with Gasteiger partial charge in [0.15, 0.2) is 0 Å². The third-order valence-corrected chi connectivity index (χ3v) is 7.90. The first kappa shape index (κ1) is 26.5. The van der Waals surface area contributed by atoms with Gasteiger partial charge in [-0.3, -0.25) is 13.9 Å². The number of sulfonamides is 1. The second kappa shape index (κ2) is 10.8. The highest BCUT2D eigenvalue weighted by Crippen LogP contribution is 2.31. The van der Waals surface area contributed by atoms with Crippen molar-refractivity contribution in [1.82, 2.24) is 0 Å². The topological polar surface area (TPSA) is 95.0 Å². The molecule has 0 aromatic heterocycles. The van der Waals surface area contributed by atoms with Crippen molar-refractivity contribution < 1.29 is 23.1 Å². The molecule has 0 aliphatic rings. The summed E-state index contributed by atoms with van der Waals surface area (Å²) >= 11 is 12.0. The molecular weight excluding hydrogens is 535 g/mol. The van der Waals surface area contributed by atoms with Crippen LogP contribution in [0.3, 0.4) is 0 Å². The van der Waals surface area contributed by atoms with Gasteiger partial charge in [0, 0.05) is 27.8 Å². The summed E-state index contributed by atoms with van der Waals surface area (Å²) in [7, 11) is -4.33. The molecule has 0 unspecified atom stereocenters. The van der Waals surface area contributed by atoms with Crippen molar-refractivity contribution in [2.45, 2.75) is 11.8 Å². The molecule has 0 spiro atoms. The van der Waals surface area contributed by atoms with Crippen LogP contribution in [0.25, 0.3) is 10.8 Å². The quantitative estimate of drug-likeness (QED) is 0.283. The van der Waals surface area contributed by atoms with Crippen LogP contribution in [0, 0.1) is 0 Å². The Morgan fingerprint density at radius 3 is 2.14 bits per heavy atom. The van der Waals surface area contributed by atoms with Crippen molar-refractivity contribution in [1.29, 1.82) is 0 Å². The molecule has 0 bridgehead atoms. The number of carboxylic acid groups (broad SMARTS) is 1. The first-order chi connectivity index (χ1) is 17.6. The number of aliphatic carboxylic acids is 1. The summed E-state index contributed by atoms with van der Waals surface area (Å²) in [5, 5.41) is 10.9. The standard InChI is InChI=1S/C27H22Cl2N2O5S/c1-2-30(21-8-4-3-5-9-21)27(34)25-10-6-7-18-13-22(11-12-24(18)25)31(17-26(32)33)37(35,36)23-15-19(28)14-20(29)16-23/h3-16H,2,17H2,1H3,(H,32,33). The fourth-order valence-electron chi connectivity index (χ4n) is 4.05. The molecule has 0 aliphatic carbocycles. The molecule has 7 nitrogen and oxygen atoms in total. The number of fused-ring (bicyclic) bond motifs is 1. The van der Waals surface area contributed by atoms with Crippen LogP contribution in [0.15, 0.2) is 89.8 Å². The van der Waals surface area contributed by atoms with Gasteiger partial charge in [0.05, 0.1) is 10.6 Å². The van der Waals surface area contributed by atoms with Crippen molar-refractivity contribution in [3.05, 3.63) is 101 Å². The summed E-state index contributed by atoms with van der Waals surface area (Å²) in [4.78, 5) is 26.5. The van der Waals surface area contributed by atoms with Crippen LogP contribution >= 0.6 is 23.2 Å². The first-order valence-electron chi connectivity index (χ1n) is 11.2. The van der Waals surface area contributed by atoms with Gasteiger partial charge in [-0.05, 0) is 66.2 Å². The lowest BCUT2D eigenvalue weighted by molar-refractivity contribution is -0.135. The average molecular weight is 557 g/mol. The number of carbonyl (C=O) groups excluding carboxylic acids is 1. The Morgan fingerprint density at radius 2 is 1.51 bits per heavy atom. The van der Waals surface area contributed by atoms with Crippen molar-refractivity contribution >= 4 is 67.2 Å². The van der Waals surface area contributed by atoms with Crippen LogP contribution in [0.4, 0.5) is 11.4 Å². The van der Waals surface area contributed by atoms with Gasteiger partial charge in [0.2, 0.25) is 0 Å². The zero-order valence-electron chi connectivity index (χ0n) is 19.6. The highest BCUT2D eigenvalue weighted by Gasteiger charge is 2.28. The fraction of sp³-hybridized carbons (Fsp3) is 0.111. The Hall–Kier alpha value is -3.59. The van der Waals surface area contributed by atoms with E-state index in [1.165, 1.54) is 30.3 Å². The fourth-order valence-corrected chi connectivity index (χ4v) is 6.19. The minimum absolute atomic E-state index is 0.0990. The normalized spacial score (nSPS) is 11.3. The largest absolute Gasteiger partial charge is 0.480 e. The molecule has 1 N–H and O–H groups in total. The Labute approximate surface area is 224 Å². The molecule has 1 amide bonds.